The van der Waals surface area contributed by atoms with Crippen LogP contribution in [0.3, 0.4) is 0 Å². The average molecular weight is 285 g/mol. The van der Waals surface area contributed by atoms with Crippen LogP contribution in [-0.4, -0.2) is 0 Å². The predicted molar refractivity (Wildman–Crippen MR) is 96.6 cm³/mol. The fourth-order valence-electron chi connectivity index (χ4n) is 2.44. The molecule has 124 valence electrons. The Morgan fingerprint density at radius 1 is 0.250 bits per heavy atom. The third-order valence-electron chi connectivity index (χ3n) is 3.91. The van der Waals surface area contributed by atoms with Crippen molar-refractivity contribution >= 4 is 0 Å². The molecule has 0 bridgehead atoms. The molecule has 0 saturated heterocycles. The van der Waals surface area contributed by atoms with Gasteiger partial charge in [0, 0.05) is 0 Å². The van der Waals surface area contributed by atoms with Gasteiger partial charge in [-0.2, -0.15) is 0 Å². The quantitative estimate of drug-likeness (QED) is 0.281. The lowest BCUT2D eigenvalue weighted by Crippen LogP contribution is -1.82. The smallest absolute Gasteiger partial charge is 0.0533 e. The highest BCUT2D eigenvalue weighted by Gasteiger charge is 1.92. The molecule has 0 saturated carbocycles. The van der Waals surface area contributed by atoms with E-state index in [9.17, 15) is 0 Å². The molecule has 0 unspecified atom stereocenters. The van der Waals surface area contributed by atoms with E-state index in [0.717, 1.165) is 0 Å². The standard InChI is InChI=1S/C15H32.C5H12/c1-3-5-7-9-11-13-15-14-12-10-8-6-4-2;1-3-5-4-2/h3-15H2,1-2H3;3-5H2,1-2H3. The van der Waals surface area contributed by atoms with Crippen LogP contribution in [0.1, 0.15) is 130 Å². The summed E-state index contributed by atoms with van der Waals surface area (Å²) in [5, 5.41) is 0. The molecule has 0 radical (unpaired) electrons. The number of hydrogen-bond donors (Lipinski definition) is 0. The van der Waals surface area contributed by atoms with E-state index in [1.165, 1.54) is 103 Å². The Hall–Kier alpha value is 0. The molecule has 0 aliphatic rings. The molecule has 0 fully saturated rings. The van der Waals surface area contributed by atoms with Crippen LogP contribution in [0, 0.1) is 0 Å². The second-order valence-corrected chi connectivity index (χ2v) is 6.24. The van der Waals surface area contributed by atoms with E-state index >= 15 is 0 Å². The molecule has 20 heavy (non-hydrogen) atoms. The second-order valence-electron chi connectivity index (χ2n) is 6.24. The molecular weight excluding hydrogens is 240 g/mol. The second kappa shape index (κ2) is 24.0. The summed E-state index contributed by atoms with van der Waals surface area (Å²) in [7, 11) is 0. The zero-order valence-electron chi connectivity index (χ0n) is 15.3. The normalized spacial score (nSPS) is 10.2. The average Bonchev–Trinajstić information content (AvgIpc) is 2.46. The van der Waals surface area contributed by atoms with Crippen molar-refractivity contribution in [1.29, 1.82) is 0 Å². The molecule has 0 aromatic rings. The van der Waals surface area contributed by atoms with E-state index in [1.54, 1.807) is 0 Å². The summed E-state index contributed by atoms with van der Waals surface area (Å²) < 4.78 is 0. The van der Waals surface area contributed by atoms with Gasteiger partial charge in [-0.25, -0.2) is 0 Å². The lowest BCUT2D eigenvalue weighted by molar-refractivity contribution is 0.542. The third kappa shape index (κ3) is 26.5. The van der Waals surface area contributed by atoms with Crippen molar-refractivity contribution in [3.8, 4) is 0 Å². The maximum atomic E-state index is 2.29. The number of unbranched alkanes of at least 4 members (excludes halogenated alkanes) is 14. The first-order valence-electron chi connectivity index (χ1n) is 9.83. The zero-order valence-corrected chi connectivity index (χ0v) is 15.3. The summed E-state index contributed by atoms with van der Waals surface area (Å²) in [4.78, 5) is 0. The number of hydrogen-bond acceptors (Lipinski definition) is 0. The van der Waals surface area contributed by atoms with Crippen LogP contribution in [0.4, 0.5) is 0 Å². The van der Waals surface area contributed by atoms with Gasteiger partial charge in [-0.05, 0) is 0 Å². The van der Waals surface area contributed by atoms with E-state index in [2.05, 4.69) is 27.7 Å². The number of rotatable bonds is 14. The van der Waals surface area contributed by atoms with Gasteiger partial charge in [-0.15, -0.1) is 0 Å². The topological polar surface area (TPSA) is 0 Å². The Morgan fingerprint density at radius 3 is 0.600 bits per heavy atom. The fourth-order valence-corrected chi connectivity index (χ4v) is 2.44. The van der Waals surface area contributed by atoms with E-state index < -0.39 is 0 Å². The van der Waals surface area contributed by atoms with Gasteiger partial charge >= 0.3 is 0 Å². The summed E-state index contributed by atoms with van der Waals surface area (Å²) >= 11 is 0. The lowest BCUT2D eigenvalue weighted by atomic mass is 10.1. The first kappa shape index (κ1) is 22.3. The predicted octanol–water partition coefficient (Wildman–Crippen LogP) is 8.29. The van der Waals surface area contributed by atoms with Crippen LogP contribution in [0.25, 0.3) is 0 Å². The molecule has 0 amide bonds. The molecule has 0 nitrogen and oxygen atoms in total. The highest BCUT2D eigenvalue weighted by atomic mass is 14.0. The van der Waals surface area contributed by atoms with Gasteiger partial charge in [0.05, 0.1) is 0 Å². The van der Waals surface area contributed by atoms with E-state index in [-0.39, 0.29) is 0 Å². The summed E-state index contributed by atoms with van der Waals surface area (Å²) in [5.74, 6) is 0. The van der Waals surface area contributed by atoms with Crippen LogP contribution in [0.2, 0.25) is 0 Å². The molecule has 0 aliphatic heterocycles. The Labute approximate surface area is 131 Å². The molecule has 0 heteroatoms. The Balaban J connectivity index is 0. The van der Waals surface area contributed by atoms with Gasteiger partial charge in [-0.1, -0.05) is 130 Å². The van der Waals surface area contributed by atoms with Crippen molar-refractivity contribution in [3.63, 3.8) is 0 Å². The van der Waals surface area contributed by atoms with Crippen molar-refractivity contribution < 1.29 is 0 Å². The van der Waals surface area contributed by atoms with Crippen molar-refractivity contribution in [1.82, 2.24) is 0 Å². The summed E-state index contributed by atoms with van der Waals surface area (Å²) in [6, 6.07) is 0. The molecule has 0 heterocycles. The summed E-state index contributed by atoms with van der Waals surface area (Å²) in [5.41, 5.74) is 0. The van der Waals surface area contributed by atoms with Crippen LogP contribution in [0.5, 0.6) is 0 Å². The third-order valence-corrected chi connectivity index (χ3v) is 3.91. The van der Waals surface area contributed by atoms with Crippen molar-refractivity contribution in [2.45, 2.75) is 130 Å². The van der Waals surface area contributed by atoms with Gasteiger partial charge in [0.2, 0.25) is 0 Å². The highest BCUT2D eigenvalue weighted by molar-refractivity contribution is 4.47. The van der Waals surface area contributed by atoms with Crippen LogP contribution < -0.4 is 0 Å². The molecule has 0 aromatic heterocycles. The largest absolute Gasteiger partial charge is 0.0654 e. The van der Waals surface area contributed by atoms with Crippen LogP contribution in [0.15, 0.2) is 0 Å². The van der Waals surface area contributed by atoms with Crippen LogP contribution in [-0.2, 0) is 0 Å². The van der Waals surface area contributed by atoms with Gasteiger partial charge in [-0.3, -0.25) is 0 Å². The molecular formula is C20H44. The van der Waals surface area contributed by atoms with E-state index in [0.29, 0.717) is 0 Å². The molecule has 0 aliphatic carbocycles. The minimum absolute atomic E-state index is 1.34. The van der Waals surface area contributed by atoms with Gasteiger partial charge in [0.25, 0.3) is 0 Å². The molecule has 0 N–H and O–H groups in total. The highest BCUT2D eigenvalue weighted by Crippen LogP contribution is 2.12. The monoisotopic (exact) mass is 284 g/mol. The SMILES string of the molecule is CCCCC.CCCCCCCCCCCCCCC. The summed E-state index contributed by atoms with van der Waals surface area (Å²) in [6.45, 7) is 9.00. The molecule has 0 spiro atoms. The maximum absolute atomic E-state index is 2.29. The van der Waals surface area contributed by atoms with E-state index in [4.69, 9.17) is 0 Å². The minimum atomic E-state index is 1.34. The Kier molecular flexibility index (Phi) is 26.8. The fraction of sp³-hybridized carbons (Fsp3) is 1.00. The minimum Gasteiger partial charge on any atom is -0.0654 e. The zero-order chi connectivity index (χ0) is 15.3. The molecule has 0 atom stereocenters. The van der Waals surface area contributed by atoms with Gasteiger partial charge in [0.15, 0.2) is 0 Å². The van der Waals surface area contributed by atoms with Crippen molar-refractivity contribution in [2.24, 2.45) is 0 Å². The molecule has 0 rings (SSSR count). The van der Waals surface area contributed by atoms with Crippen LogP contribution >= 0.6 is 0 Å². The first-order chi connectivity index (χ1) is 9.83. The lowest BCUT2D eigenvalue weighted by Gasteiger charge is -2.01. The first-order valence-corrected chi connectivity index (χ1v) is 9.83. The van der Waals surface area contributed by atoms with E-state index in [1.807, 2.05) is 0 Å². The molecule has 0 aromatic carbocycles. The Morgan fingerprint density at radius 2 is 0.450 bits per heavy atom. The van der Waals surface area contributed by atoms with Gasteiger partial charge in [0.1, 0.15) is 0 Å². The Bertz CT molecular complexity index is 114. The van der Waals surface area contributed by atoms with Crippen molar-refractivity contribution in [3.05, 3.63) is 0 Å². The van der Waals surface area contributed by atoms with Crippen molar-refractivity contribution in [2.75, 3.05) is 0 Å². The maximum Gasteiger partial charge on any atom is -0.0533 e. The summed E-state index contributed by atoms with van der Waals surface area (Å²) in [6.07, 6.45) is 23.0. The van der Waals surface area contributed by atoms with Gasteiger partial charge < -0.3 is 0 Å².